The Kier molecular flexibility index (Phi) is 6.13. The summed E-state index contributed by atoms with van der Waals surface area (Å²) >= 11 is 5.78. The lowest BCUT2D eigenvalue weighted by Crippen LogP contribution is -2.68. The smallest absolute Gasteiger partial charge is 0.464 e. The number of urea groups is 1. The second kappa shape index (κ2) is 8.90. The highest BCUT2D eigenvalue weighted by Gasteiger charge is 2.55. The highest BCUT2D eigenvalue weighted by molar-refractivity contribution is 6.29. The van der Waals surface area contributed by atoms with Crippen molar-refractivity contribution >= 4 is 35.2 Å². The highest BCUT2D eigenvalue weighted by Crippen LogP contribution is 2.42. The molecule has 0 saturated carbocycles. The first-order valence-corrected chi connectivity index (χ1v) is 10.5. The molecule has 1 saturated heterocycles. The monoisotopic (exact) mass is 493 g/mol. The number of ether oxygens (including phenoxy) is 3. The Bertz CT molecular complexity index is 1170. The van der Waals surface area contributed by atoms with E-state index in [1.54, 1.807) is 19.1 Å². The van der Waals surface area contributed by atoms with Gasteiger partial charge in [-0.15, -0.1) is 8.78 Å². The lowest BCUT2D eigenvalue weighted by Gasteiger charge is -2.43. The molecule has 2 aliphatic heterocycles. The minimum absolute atomic E-state index is 0.00706. The summed E-state index contributed by atoms with van der Waals surface area (Å²) in [6.45, 7) is 5.36. The first-order valence-electron chi connectivity index (χ1n) is 10.1. The second-order valence-corrected chi connectivity index (χ2v) is 7.83. The molecule has 2 atom stereocenters. The van der Waals surface area contributed by atoms with Crippen LogP contribution in [0.3, 0.4) is 0 Å². The number of nitrogens with one attached hydrogen (secondary N) is 1. The van der Waals surface area contributed by atoms with Crippen LogP contribution in [0, 0.1) is 5.92 Å². The summed E-state index contributed by atoms with van der Waals surface area (Å²) in [4.78, 5) is 42.9. The largest absolute Gasteiger partial charge is 0.586 e. The number of hydrogen-bond acceptors (Lipinski definition) is 7. The quantitative estimate of drug-likeness (QED) is 0.373. The van der Waals surface area contributed by atoms with E-state index in [4.69, 9.17) is 16.3 Å². The van der Waals surface area contributed by atoms with E-state index < -0.39 is 36.2 Å². The van der Waals surface area contributed by atoms with Crippen molar-refractivity contribution in [1.29, 1.82) is 0 Å². The number of rotatable bonds is 6. The number of likely N-dealkylation sites (tertiary alicyclic amines) is 1. The lowest BCUT2D eigenvalue weighted by molar-refractivity contribution is -0.286. The molecule has 0 bridgehead atoms. The number of alkyl halides is 2. The third-order valence-electron chi connectivity index (χ3n) is 5.21. The molecule has 9 nitrogen and oxygen atoms in total. The van der Waals surface area contributed by atoms with Crippen LogP contribution in [0.2, 0.25) is 5.15 Å². The molecule has 4 rings (SSSR count). The average Bonchev–Trinajstić information content (AvgIpc) is 3.09. The number of pyridine rings is 1. The molecule has 0 aliphatic carbocycles. The molecule has 0 radical (unpaired) electrons. The number of β-lactam (4-membered cyclic amide) rings is 1. The van der Waals surface area contributed by atoms with E-state index in [9.17, 15) is 23.2 Å². The van der Waals surface area contributed by atoms with Crippen LogP contribution in [0.5, 0.6) is 11.5 Å². The van der Waals surface area contributed by atoms with Crippen molar-refractivity contribution < 1.29 is 37.4 Å². The zero-order valence-electron chi connectivity index (χ0n) is 17.7. The predicted octanol–water partition coefficient (Wildman–Crippen LogP) is 3.37. The maximum atomic E-state index is 13.2. The number of halogens is 3. The first-order chi connectivity index (χ1) is 16.1. The molecule has 3 amide bonds. The van der Waals surface area contributed by atoms with Gasteiger partial charge >= 0.3 is 18.3 Å². The summed E-state index contributed by atoms with van der Waals surface area (Å²) in [7, 11) is 0. The second-order valence-electron chi connectivity index (χ2n) is 7.44. The average molecular weight is 494 g/mol. The Morgan fingerprint density at radius 2 is 2.00 bits per heavy atom. The van der Waals surface area contributed by atoms with E-state index in [0.29, 0.717) is 5.56 Å². The number of imide groups is 1. The van der Waals surface area contributed by atoms with Gasteiger partial charge in [-0.3, -0.25) is 4.79 Å². The van der Waals surface area contributed by atoms with Crippen molar-refractivity contribution in [3.05, 3.63) is 59.4 Å². The van der Waals surface area contributed by atoms with E-state index >= 15 is 0 Å². The van der Waals surface area contributed by atoms with E-state index in [-0.39, 0.29) is 40.9 Å². The standard InChI is InChI=1S/C22H18ClF2N3O6/c1-3-32-20(30)18-14(8-12-4-7-17(23)26-10-12)19(29)28(18)21(31)27-11(2)13-5-6-15-16(9-13)34-22(24,25)33-15/h4-7,9-10,14,18H,2-3,8H2,1H3,(H,27,31)/t14-,18+/m1/s1. The Morgan fingerprint density at radius 3 is 2.68 bits per heavy atom. The fraction of sp³-hybridized carbons (Fsp3) is 0.273. The van der Waals surface area contributed by atoms with Crippen molar-refractivity contribution in [3.63, 3.8) is 0 Å². The van der Waals surface area contributed by atoms with Crippen LogP contribution >= 0.6 is 11.6 Å². The van der Waals surface area contributed by atoms with Gasteiger partial charge in [0.15, 0.2) is 17.5 Å². The Hall–Kier alpha value is -3.73. The van der Waals surface area contributed by atoms with Crippen LogP contribution in [-0.2, 0) is 20.7 Å². The SMILES string of the molecule is C=C(NC(=O)N1C(=O)[C@H](Cc2ccc(Cl)nc2)[C@H]1C(=O)OCC)c1ccc2c(c1)OC(F)(F)O2. The van der Waals surface area contributed by atoms with Gasteiger partial charge in [-0.05, 0) is 43.2 Å². The normalized spacial score (nSPS) is 19.9. The number of nitrogens with zero attached hydrogens (tertiary/aromatic N) is 2. The van der Waals surface area contributed by atoms with E-state index in [0.717, 1.165) is 4.90 Å². The molecule has 12 heteroatoms. The van der Waals surface area contributed by atoms with Gasteiger partial charge in [0.05, 0.1) is 12.5 Å². The fourth-order valence-corrected chi connectivity index (χ4v) is 3.76. The number of carbonyl (C=O) groups excluding carboxylic acids is 3. The molecule has 1 fully saturated rings. The number of amides is 3. The molecule has 0 unspecified atom stereocenters. The minimum atomic E-state index is -3.79. The third-order valence-corrected chi connectivity index (χ3v) is 5.44. The van der Waals surface area contributed by atoms with Gasteiger partial charge in [-0.25, -0.2) is 19.5 Å². The Balaban J connectivity index is 1.48. The van der Waals surface area contributed by atoms with Crippen LogP contribution < -0.4 is 14.8 Å². The van der Waals surface area contributed by atoms with Gasteiger partial charge in [0.2, 0.25) is 5.91 Å². The Labute approximate surface area is 197 Å². The Morgan fingerprint density at radius 1 is 1.26 bits per heavy atom. The minimum Gasteiger partial charge on any atom is -0.464 e. The van der Waals surface area contributed by atoms with Crippen LogP contribution in [-0.4, -0.2) is 46.7 Å². The molecule has 34 heavy (non-hydrogen) atoms. The number of hydrogen-bond donors (Lipinski definition) is 1. The van der Waals surface area contributed by atoms with E-state index in [2.05, 4.69) is 26.4 Å². The molecular weight excluding hydrogens is 476 g/mol. The van der Waals surface area contributed by atoms with Crippen LogP contribution in [0.1, 0.15) is 18.1 Å². The van der Waals surface area contributed by atoms with Crippen LogP contribution in [0.4, 0.5) is 13.6 Å². The highest BCUT2D eigenvalue weighted by atomic mass is 35.5. The summed E-state index contributed by atoms with van der Waals surface area (Å²) in [5, 5.41) is 2.68. The van der Waals surface area contributed by atoms with Gasteiger partial charge < -0.3 is 19.5 Å². The maximum absolute atomic E-state index is 13.2. The summed E-state index contributed by atoms with van der Waals surface area (Å²) in [5.41, 5.74) is 0.879. The predicted molar refractivity (Wildman–Crippen MR) is 114 cm³/mol. The van der Waals surface area contributed by atoms with Crippen molar-refractivity contribution in [2.24, 2.45) is 5.92 Å². The summed E-state index contributed by atoms with van der Waals surface area (Å²) in [5.74, 6) is -2.58. The van der Waals surface area contributed by atoms with Gasteiger partial charge in [0.25, 0.3) is 0 Å². The summed E-state index contributed by atoms with van der Waals surface area (Å²) in [6.07, 6.45) is -2.17. The molecule has 178 valence electrons. The molecule has 1 aromatic heterocycles. The zero-order valence-corrected chi connectivity index (χ0v) is 18.5. The van der Waals surface area contributed by atoms with Crippen LogP contribution in [0.25, 0.3) is 5.70 Å². The molecule has 2 aromatic rings. The number of aromatic nitrogens is 1. The van der Waals surface area contributed by atoms with Crippen molar-refractivity contribution in [2.75, 3.05) is 6.61 Å². The molecule has 1 N–H and O–H groups in total. The van der Waals surface area contributed by atoms with Crippen molar-refractivity contribution in [3.8, 4) is 11.5 Å². The molecule has 3 heterocycles. The fourth-order valence-electron chi connectivity index (χ4n) is 3.65. The van der Waals surface area contributed by atoms with Gasteiger partial charge in [0, 0.05) is 17.5 Å². The van der Waals surface area contributed by atoms with Gasteiger partial charge in [-0.2, -0.15) is 0 Å². The number of fused-ring (bicyclic) bond motifs is 1. The van der Waals surface area contributed by atoms with Gasteiger partial charge in [0.1, 0.15) is 5.15 Å². The lowest BCUT2D eigenvalue weighted by atomic mass is 9.83. The number of benzene rings is 1. The zero-order chi connectivity index (χ0) is 24.6. The number of esters is 1. The van der Waals surface area contributed by atoms with E-state index in [1.807, 2.05) is 0 Å². The third kappa shape index (κ3) is 4.51. The number of carbonyl (C=O) groups is 3. The molecular formula is C22H18ClF2N3O6. The molecule has 0 spiro atoms. The first kappa shape index (κ1) is 23.4. The summed E-state index contributed by atoms with van der Waals surface area (Å²) < 4.78 is 40.3. The van der Waals surface area contributed by atoms with Crippen molar-refractivity contribution in [2.45, 2.75) is 25.7 Å². The molecule has 1 aromatic carbocycles. The topological polar surface area (TPSA) is 107 Å². The van der Waals surface area contributed by atoms with Crippen LogP contribution in [0.15, 0.2) is 43.1 Å². The van der Waals surface area contributed by atoms with Gasteiger partial charge in [-0.1, -0.05) is 24.2 Å². The van der Waals surface area contributed by atoms with Crippen molar-refractivity contribution in [1.82, 2.24) is 15.2 Å². The van der Waals surface area contributed by atoms with E-state index in [1.165, 1.54) is 24.4 Å². The summed E-state index contributed by atoms with van der Waals surface area (Å²) in [6, 6.07) is 4.95. The molecule has 2 aliphatic rings. The maximum Gasteiger partial charge on any atom is 0.586 e.